The topological polar surface area (TPSA) is 106 Å². The number of amidine groups is 1. The van der Waals surface area contributed by atoms with E-state index in [1.54, 1.807) is 13.8 Å². The number of rotatable bonds is 3. The Hall–Kier alpha value is -3.22. The number of aliphatic imine (C=N–C) groups is 1. The van der Waals surface area contributed by atoms with E-state index in [0.717, 1.165) is 18.2 Å². The lowest BCUT2D eigenvalue weighted by atomic mass is 9.75. The summed E-state index contributed by atoms with van der Waals surface area (Å²) >= 11 is 0. The molecule has 0 bridgehead atoms. The molecule has 2 atom stereocenters. The van der Waals surface area contributed by atoms with E-state index in [-0.39, 0.29) is 60.6 Å². The molecule has 2 aliphatic heterocycles. The summed E-state index contributed by atoms with van der Waals surface area (Å²) in [6.45, 7) is 3.53. The summed E-state index contributed by atoms with van der Waals surface area (Å²) in [6.07, 6.45) is -8.12. The molecule has 2 unspecified atom stereocenters. The molecule has 0 saturated carbocycles. The average molecular weight is 513 g/mol. The van der Waals surface area contributed by atoms with Crippen molar-refractivity contribution in [3.8, 4) is 0 Å². The van der Waals surface area contributed by atoms with E-state index in [9.17, 15) is 26.3 Å². The number of nitrogens with zero attached hydrogens (tertiary/aromatic N) is 5. The van der Waals surface area contributed by atoms with Crippen molar-refractivity contribution in [3.63, 3.8) is 0 Å². The maximum atomic E-state index is 14.7. The highest BCUT2D eigenvalue weighted by Gasteiger charge is 2.61. The van der Waals surface area contributed by atoms with Gasteiger partial charge in [-0.1, -0.05) is 19.9 Å². The van der Waals surface area contributed by atoms with Crippen LogP contribution in [0.25, 0.3) is 0 Å². The lowest BCUT2D eigenvalue weighted by Gasteiger charge is -2.39. The van der Waals surface area contributed by atoms with Crippen molar-refractivity contribution in [1.82, 2.24) is 15.0 Å². The van der Waals surface area contributed by atoms with Gasteiger partial charge in [-0.15, -0.1) is 0 Å². The molecule has 7 nitrogen and oxygen atoms in total. The van der Waals surface area contributed by atoms with Gasteiger partial charge in [-0.25, -0.2) is 19.9 Å². The zero-order valence-electron chi connectivity index (χ0n) is 19.5. The van der Waals surface area contributed by atoms with Crippen LogP contribution in [-0.4, -0.2) is 46.2 Å². The number of nitrogens with two attached hydrogens (primary N) is 2. The van der Waals surface area contributed by atoms with E-state index in [2.05, 4.69) is 19.9 Å². The summed E-state index contributed by atoms with van der Waals surface area (Å²) in [7, 11) is 0. The minimum absolute atomic E-state index is 0.0250. The van der Waals surface area contributed by atoms with Crippen molar-refractivity contribution in [1.29, 1.82) is 0 Å². The maximum absolute atomic E-state index is 14.7. The molecule has 4 rings (SSSR count). The van der Waals surface area contributed by atoms with Crippen LogP contribution in [0, 0.1) is 0 Å². The van der Waals surface area contributed by atoms with Gasteiger partial charge in [-0.2, -0.15) is 26.3 Å². The molecule has 0 aromatic carbocycles. The van der Waals surface area contributed by atoms with E-state index in [0.29, 0.717) is 5.69 Å². The number of pyridine rings is 1. The Labute approximate surface area is 203 Å². The van der Waals surface area contributed by atoms with Gasteiger partial charge in [-0.3, -0.25) is 0 Å². The molecule has 4 heterocycles. The lowest BCUT2D eigenvalue weighted by Crippen LogP contribution is -2.56. The van der Waals surface area contributed by atoms with Crippen molar-refractivity contribution in [2.75, 3.05) is 18.0 Å². The molecule has 0 saturated heterocycles. The predicted molar refractivity (Wildman–Crippen MR) is 121 cm³/mol. The van der Waals surface area contributed by atoms with Gasteiger partial charge in [0.15, 0.2) is 5.41 Å². The van der Waals surface area contributed by atoms with Gasteiger partial charge in [0.05, 0.1) is 11.3 Å². The van der Waals surface area contributed by atoms with Gasteiger partial charge in [0, 0.05) is 37.3 Å². The Bertz CT molecular complexity index is 1200. The van der Waals surface area contributed by atoms with Crippen molar-refractivity contribution in [3.05, 3.63) is 58.8 Å². The Morgan fingerprint density at radius 3 is 2.39 bits per heavy atom. The molecule has 0 aliphatic carbocycles. The van der Waals surface area contributed by atoms with E-state index < -0.39 is 29.5 Å². The second-order valence-electron chi connectivity index (χ2n) is 9.07. The van der Waals surface area contributed by atoms with Crippen molar-refractivity contribution in [2.24, 2.45) is 16.5 Å². The van der Waals surface area contributed by atoms with Crippen LogP contribution in [0.15, 0.2) is 35.5 Å². The molecule has 2 aliphatic rings. The quantitative estimate of drug-likeness (QED) is 0.608. The smallest absolute Gasteiger partial charge is 0.384 e. The minimum atomic E-state index is -4.89. The molecule has 0 amide bonds. The molecular weight excluding hydrogens is 488 g/mol. The van der Waals surface area contributed by atoms with Gasteiger partial charge in [0.25, 0.3) is 0 Å². The molecule has 0 radical (unpaired) electrons. The number of alkyl halides is 6. The second kappa shape index (κ2) is 9.02. The normalized spacial score (nSPS) is 22.9. The van der Waals surface area contributed by atoms with Crippen LogP contribution in [-0.2, 0) is 24.4 Å². The summed E-state index contributed by atoms with van der Waals surface area (Å²) in [4.78, 5) is 18.0. The van der Waals surface area contributed by atoms with Crippen molar-refractivity contribution >= 4 is 11.7 Å². The third-order valence-corrected chi connectivity index (χ3v) is 6.40. The largest absolute Gasteiger partial charge is 0.419 e. The maximum Gasteiger partial charge on any atom is 0.419 e. The molecule has 36 heavy (non-hydrogen) atoms. The first-order valence-corrected chi connectivity index (χ1v) is 11.3. The first-order chi connectivity index (χ1) is 16.8. The summed E-state index contributed by atoms with van der Waals surface area (Å²) in [5.74, 6) is -0.567. The van der Waals surface area contributed by atoms with Crippen LogP contribution < -0.4 is 16.4 Å². The molecule has 13 heteroatoms. The van der Waals surface area contributed by atoms with E-state index in [4.69, 9.17) is 11.5 Å². The van der Waals surface area contributed by atoms with Gasteiger partial charge in [0.2, 0.25) is 0 Å². The minimum Gasteiger partial charge on any atom is -0.384 e. The van der Waals surface area contributed by atoms with Gasteiger partial charge in [0.1, 0.15) is 23.6 Å². The summed E-state index contributed by atoms with van der Waals surface area (Å²) in [5.41, 5.74) is 8.07. The van der Waals surface area contributed by atoms with Gasteiger partial charge < -0.3 is 16.4 Å². The second-order valence-corrected chi connectivity index (χ2v) is 9.07. The molecule has 2 aromatic rings. The third-order valence-electron chi connectivity index (χ3n) is 6.40. The van der Waals surface area contributed by atoms with Crippen LogP contribution in [0.1, 0.15) is 48.1 Å². The lowest BCUT2D eigenvalue weighted by molar-refractivity contribution is -0.182. The number of fused-ring (bicyclic) bond motifs is 1. The zero-order valence-corrected chi connectivity index (χ0v) is 19.5. The Balaban J connectivity index is 1.86. The van der Waals surface area contributed by atoms with Gasteiger partial charge in [-0.05, 0) is 30.2 Å². The summed E-state index contributed by atoms with van der Waals surface area (Å²) in [6, 6.07) is 2.11. The highest BCUT2D eigenvalue weighted by Crippen LogP contribution is 2.47. The van der Waals surface area contributed by atoms with Crippen LogP contribution in [0.2, 0.25) is 0 Å². The standard InChI is InChI=1S/C23H25F6N7/c1-12(2)18-33-15-7-11-36(19-14(22(24,25)26)4-3-9-32-19)10-6-13(15)17(35-18)21(23(27,28)29)8-5-16(30)34-20(21)31/h3-5,8-9,12,20H,6-7,10-11,31H2,1-2H3,(H2,30,34). The first-order valence-electron chi connectivity index (χ1n) is 11.3. The highest BCUT2D eigenvalue weighted by molar-refractivity contribution is 5.92. The molecular formula is C23H25F6N7. The van der Waals surface area contributed by atoms with Crippen LogP contribution in [0.5, 0.6) is 0 Å². The van der Waals surface area contributed by atoms with Crippen LogP contribution in [0.4, 0.5) is 32.2 Å². The average Bonchev–Trinajstić information content (AvgIpc) is 3.00. The van der Waals surface area contributed by atoms with E-state index in [1.165, 1.54) is 17.2 Å². The predicted octanol–water partition coefficient (Wildman–Crippen LogP) is 3.63. The van der Waals surface area contributed by atoms with E-state index >= 15 is 0 Å². The van der Waals surface area contributed by atoms with Crippen molar-refractivity contribution in [2.45, 2.75) is 56.5 Å². The molecule has 0 fully saturated rings. The SMILES string of the molecule is CC(C)c1nc2c(c(C3(C(F)(F)F)C=CC(N)=NC3N)n1)CCN(c1ncccc1C(F)(F)F)CC2. The molecule has 2 aromatic heterocycles. The highest BCUT2D eigenvalue weighted by atomic mass is 19.4. The fraction of sp³-hybridized carbons (Fsp3) is 0.478. The number of anilines is 1. The molecule has 0 spiro atoms. The van der Waals surface area contributed by atoms with Gasteiger partial charge >= 0.3 is 12.4 Å². The number of hydrogen-bond acceptors (Lipinski definition) is 7. The number of hydrogen-bond donors (Lipinski definition) is 2. The number of dihydropyridines is 1. The molecule has 4 N–H and O–H groups in total. The van der Waals surface area contributed by atoms with Crippen LogP contribution >= 0.6 is 0 Å². The van der Waals surface area contributed by atoms with E-state index in [1.807, 2.05) is 0 Å². The fourth-order valence-electron chi connectivity index (χ4n) is 4.54. The monoisotopic (exact) mass is 513 g/mol. The third kappa shape index (κ3) is 4.40. The first kappa shape index (κ1) is 25.9. The summed E-state index contributed by atoms with van der Waals surface area (Å²) < 4.78 is 85.1. The molecule has 194 valence electrons. The Morgan fingerprint density at radius 1 is 1.08 bits per heavy atom. The summed E-state index contributed by atoms with van der Waals surface area (Å²) in [5, 5.41) is 0. The Kier molecular flexibility index (Phi) is 6.48. The van der Waals surface area contributed by atoms with Crippen LogP contribution in [0.3, 0.4) is 0 Å². The zero-order chi connectivity index (χ0) is 26.5. The van der Waals surface area contributed by atoms with Crippen molar-refractivity contribution < 1.29 is 26.3 Å². The number of aromatic nitrogens is 3. The fourth-order valence-corrected chi connectivity index (χ4v) is 4.54. The Morgan fingerprint density at radius 2 is 1.78 bits per heavy atom. The number of halogens is 6.